The van der Waals surface area contributed by atoms with Crippen LogP contribution in [-0.2, 0) is 9.59 Å². The Bertz CT molecular complexity index is 362. The Morgan fingerprint density at radius 1 is 1.00 bits per heavy atom. The van der Waals surface area contributed by atoms with Gasteiger partial charge in [-0.25, -0.2) is 0 Å². The van der Waals surface area contributed by atoms with E-state index in [1.807, 2.05) is 34.7 Å². The lowest BCUT2D eigenvalue weighted by atomic mass is 10.1. The van der Waals surface area contributed by atoms with Crippen LogP contribution in [0.5, 0.6) is 0 Å². The normalized spacial score (nSPS) is 34.7. The Hall–Kier alpha value is -1.14. The number of nitrogens with one attached hydrogen (secondary N) is 3. The predicted molar refractivity (Wildman–Crippen MR) is 84.0 cm³/mol. The van der Waals surface area contributed by atoms with Gasteiger partial charge in [-0.2, -0.15) is 0 Å². The van der Waals surface area contributed by atoms with E-state index in [1.54, 1.807) is 0 Å². The fraction of sp³-hybridized carbons (Fsp3) is 0.867. The molecule has 0 aromatic carbocycles. The summed E-state index contributed by atoms with van der Waals surface area (Å²) in [6, 6.07) is -0.418. The minimum Gasteiger partial charge on any atom is -0.355 e. The predicted octanol–water partition coefficient (Wildman–Crippen LogP) is 0.0880. The summed E-state index contributed by atoms with van der Waals surface area (Å²) in [4.78, 5) is 26.2. The van der Waals surface area contributed by atoms with E-state index in [-0.39, 0.29) is 36.0 Å². The second-order valence-corrected chi connectivity index (χ2v) is 6.13. The Balaban J connectivity index is 2.73. The van der Waals surface area contributed by atoms with Crippen LogP contribution in [0.1, 0.15) is 40.5 Å². The third-order valence-electron chi connectivity index (χ3n) is 4.30. The molecule has 1 fully saturated rings. The maximum Gasteiger partial charge on any atom is 0.237 e. The largest absolute Gasteiger partial charge is 0.355 e. The summed E-state index contributed by atoms with van der Waals surface area (Å²) < 4.78 is 0. The number of nitrogens with zero attached hydrogens (tertiary/aromatic N) is 1. The van der Waals surface area contributed by atoms with E-state index in [1.165, 1.54) is 0 Å². The second kappa shape index (κ2) is 8.34. The summed E-state index contributed by atoms with van der Waals surface area (Å²) in [5, 5.41) is 9.21. The third kappa shape index (κ3) is 5.63. The molecule has 0 aromatic heterocycles. The van der Waals surface area contributed by atoms with Crippen LogP contribution in [0.15, 0.2) is 0 Å². The number of hydrogen-bond donors (Lipinski definition) is 3. The van der Waals surface area contributed by atoms with Gasteiger partial charge in [-0.05, 0) is 54.1 Å². The molecule has 1 rings (SSSR count). The standard InChI is InChI=1S/C15H30N4O2/c1-10-11(2)18-15(21)13(4)19(5)9-7-6-8-16-14(20)12(3)17-10/h10-13,17H,6-9H2,1-5H3,(H,16,20)(H,18,21). The lowest BCUT2D eigenvalue weighted by Gasteiger charge is -2.30. The van der Waals surface area contributed by atoms with Gasteiger partial charge in [0.2, 0.25) is 11.8 Å². The van der Waals surface area contributed by atoms with Crippen LogP contribution < -0.4 is 16.0 Å². The van der Waals surface area contributed by atoms with Crippen molar-refractivity contribution in [3.05, 3.63) is 0 Å². The van der Waals surface area contributed by atoms with Gasteiger partial charge in [0.15, 0.2) is 0 Å². The van der Waals surface area contributed by atoms with Gasteiger partial charge in [0.1, 0.15) is 0 Å². The maximum atomic E-state index is 12.2. The summed E-state index contributed by atoms with van der Waals surface area (Å²) in [6.07, 6.45) is 1.88. The van der Waals surface area contributed by atoms with Crippen molar-refractivity contribution in [2.24, 2.45) is 0 Å². The lowest BCUT2D eigenvalue weighted by Crippen LogP contribution is -2.55. The van der Waals surface area contributed by atoms with Crippen molar-refractivity contribution in [3.8, 4) is 0 Å². The molecule has 122 valence electrons. The highest BCUT2D eigenvalue weighted by Crippen LogP contribution is 2.03. The fourth-order valence-corrected chi connectivity index (χ4v) is 2.33. The molecule has 1 saturated heterocycles. The zero-order chi connectivity index (χ0) is 16.0. The molecule has 0 bridgehead atoms. The average Bonchev–Trinajstić information content (AvgIpc) is 2.44. The Morgan fingerprint density at radius 2 is 1.67 bits per heavy atom. The van der Waals surface area contributed by atoms with E-state index in [2.05, 4.69) is 20.9 Å². The zero-order valence-corrected chi connectivity index (χ0v) is 13.9. The van der Waals surface area contributed by atoms with E-state index in [0.29, 0.717) is 6.54 Å². The molecule has 0 aromatic rings. The van der Waals surface area contributed by atoms with E-state index < -0.39 is 0 Å². The molecule has 4 unspecified atom stereocenters. The van der Waals surface area contributed by atoms with Crippen molar-refractivity contribution >= 4 is 11.8 Å². The highest BCUT2D eigenvalue weighted by molar-refractivity contribution is 5.82. The molecule has 21 heavy (non-hydrogen) atoms. The number of hydrogen-bond acceptors (Lipinski definition) is 4. The van der Waals surface area contributed by atoms with Gasteiger partial charge in [0, 0.05) is 18.6 Å². The van der Waals surface area contributed by atoms with Crippen molar-refractivity contribution < 1.29 is 9.59 Å². The molecule has 3 N–H and O–H groups in total. The summed E-state index contributed by atoms with van der Waals surface area (Å²) in [6.45, 7) is 9.25. The number of rotatable bonds is 0. The van der Waals surface area contributed by atoms with Crippen molar-refractivity contribution in [3.63, 3.8) is 0 Å². The van der Waals surface area contributed by atoms with Gasteiger partial charge in [-0.3, -0.25) is 14.5 Å². The molecule has 6 heteroatoms. The van der Waals surface area contributed by atoms with Gasteiger partial charge >= 0.3 is 0 Å². The molecule has 1 aliphatic heterocycles. The highest BCUT2D eigenvalue weighted by Gasteiger charge is 2.24. The number of carbonyl (C=O) groups excluding carboxylic acids is 2. The summed E-state index contributed by atoms with van der Waals surface area (Å²) in [7, 11) is 1.96. The SMILES string of the molecule is CC1NC(C)C(C)NC(=O)C(C)N(C)CCCCNC1=O. The van der Waals surface area contributed by atoms with Crippen molar-refractivity contribution in [2.75, 3.05) is 20.1 Å². The number of carbonyl (C=O) groups is 2. The average molecular weight is 298 g/mol. The molecule has 0 aliphatic carbocycles. The van der Waals surface area contributed by atoms with Crippen LogP contribution in [0.25, 0.3) is 0 Å². The fourth-order valence-electron chi connectivity index (χ4n) is 2.33. The first-order valence-electron chi connectivity index (χ1n) is 7.87. The number of likely N-dealkylation sites (N-methyl/N-ethyl adjacent to an activating group) is 1. The summed E-state index contributed by atoms with van der Waals surface area (Å²) in [5.41, 5.74) is 0. The highest BCUT2D eigenvalue weighted by atomic mass is 16.2. The van der Waals surface area contributed by atoms with Crippen LogP contribution in [0.4, 0.5) is 0 Å². The molecule has 0 spiro atoms. The van der Waals surface area contributed by atoms with E-state index in [0.717, 1.165) is 19.4 Å². The molecule has 2 amide bonds. The number of amides is 2. The minimum absolute atomic E-state index is 0.0131. The van der Waals surface area contributed by atoms with E-state index in [4.69, 9.17) is 0 Å². The smallest absolute Gasteiger partial charge is 0.237 e. The van der Waals surface area contributed by atoms with Crippen LogP contribution in [0, 0.1) is 0 Å². The quantitative estimate of drug-likeness (QED) is 0.592. The molecular weight excluding hydrogens is 268 g/mol. The lowest BCUT2D eigenvalue weighted by molar-refractivity contribution is -0.126. The van der Waals surface area contributed by atoms with Crippen LogP contribution in [0.3, 0.4) is 0 Å². The molecule has 1 aliphatic rings. The van der Waals surface area contributed by atoms with E-state index in [9.17, 15) is 9.59 Å². The van der Waals surface area contributed by atoms with Crippen molar-refractivity contribution in [1.82, 2.24) is 20.9 Å². The van der Waals surface area contributed by atoms with Crippen LogP contribution in [0.2, 0.25) is 0 Å². The van der Waals surface area contributed by atoms with Gasteiger partial charge in [-0.15, -0.1) is 0 Å². The first-order valence-corrected chi connectivity index (χ1v) is 7.87. The first kappa shape index (κ1) is 17.9. The maximum absolute atomic E-state index is 12.2. The summed E-state index contributed by atoms with van der Waals surface area (Å²) in [5.74, 6) is 0.0481. The topological polar surface area (TPSA) is 73.5 Å². The van der Waals surface area contributed by atoms with Crippen LogP contribution in [-0.4, -0.2) is 61.0 Å². The first-order chi connectivity index (χ1) is 9.82. The Kier molecular flexibility index (Phi) is 7.11. The van der Waals surface area contributed by atoms with Gasteiger partial charge < -0.3 is 16.0 Å². The van der Waals surface area contributed by atoms with Gasteiger partial charge in [-0.1, -0.05) is 0 Å². The molecule has 6 nitrogen and oxygen atoms in total. The van der Waals surface area contributed by atoms with Gasteiger partial charge in [0.05, 0.1) is 12.1 Å². The van der Waals surface area contributed by atoms with Crippen molar-refractivity contribution in [1.29, 1.82) is 0 Å². The molecular formula is C15H30N4O2. The van der Waals surface area contributed by atoms with Crippen molar-refractivity contribution in [2.45, 2.75) is 64.7 Å². The Morgan fingerprint density at radius 3 is 2.33 bits per heavy atom. The molecule has 1 heterocycles. The third-order valence-corrected chi connectivity index (χ3v) is 4.30. The zero-order valence-electron chi connectivity index (χ0n) is 13.9. The second-order valence-electron chi connectivity index (χ2n) is 6.13. The summed E-state index contributed by atoms with van der Waals surface area (Å²) >= 11 is 0. The molecule has 0 radical (unpaired) electrons. The van der Waals surface area contributed by atoms with E-state index >= 15 is 0 Å². The molecule has 4 atom stereocenters. The molecule has 0 saturated carbocycles. The monoisotopic (exact) mass is 298 g/mol. The minimum atomic E-state index is -0.262. The van der Waals surface area contributed by atoms with Gasteiger partial charge in [0.25, 0.3) is 0 Å². The Labute approximate surface area is 128 Å². The van der Waals surface area contributed by atoms with Crippen LogP contribution >= 0.6 is 0 Å².